The summed E-state index contributed by atoms with van der Waals surface area (Å²) in [6.45, 7) is 4.60. The zero-order chi connectivity index (χ0) is 22.7. The third-order valence-corrected chi connectivity index (χ3v) is 5.13. The molecule has 8 nitrogen and oxygen atoms in total. The van der Waals surface area contributed by atoms with Gasteiger partial charge >= 0.3 is 0 Å². The minimum absolute atomic E-state index is 0.168. The molecule has 0 aliphatic carbocycles. The lowest BCUT2D eigenvalue weighted by atomic mass is 10.1. The largest absolute Gasteiger partial charge is 0.471 e. The van der Waals surface area contributed by atoms with E-state index >= 15 is 0 Å². The van der Waals surface area contributed by atoms with E-state index < -0.39 is 5.91 Å². The van der Waals surface area contributed by atoms with Gasteiger partial charge in [-0.2, -0.15) is 5.10 Å². The molecule has 2 heterocycles. The molecule has 0 bridgehead atoms. The van der Waals surface area contributed by atoms with Crippen molar-refractivity contribution < 1.29 is 9.53 Å². The highest BCUT2D eigenvalue weighted by Crippen LogP contribution is 2.21. The number of amides is 1. The summed E-state index contributed by atoms with van der Waals surface area (Å²) in [4.78, 5) is 16.6. The Hall–Kier alpha value is -3.36. The summed E-state index contributed by atoms with van der Waals surface area (Å²) in [5, 5.41) is 12.2. The van der Waals surface area contributed by atoms with E-state index in [1.165, 1.54) is 6.33 Å². The highest BCUT2D eigenvalue weighted by Gasteiger charge is 2.13. The Morgan fingerprint density at radius 3 is 2.56 bits per heavy atom. The van der Waals surface area contributed by atoms with Gasteiger partial charge < -0.3 is 4.74 Å². The normalized spacial score (nSPS) is 10.9. The van der Waals surface area contributed by atoms with Crippen LogP contribution in [0.2, 0.25) is 10.0 Å². The van der Waals surface area contributed by atoms with Crippen molar-refractivity contribution in [2.45, 2.75) is 27.1 Å². The average Bonchev–Trinajstić information content (AvgIpc) is 3.37. The number of aromatic nitrogens is 5. The van der Waals surface area contributed by atoms with Crippen LogP contribution >= 0.6 is 23.2 Å². The zero-order valence-corrected chi connectivity index (χ0v) is 18.9. The van der Waals surface area contributed by atoms with Gasteiger partial charge in [-0.15, -0.1) is 5.10 Å². The predicted octanol–water partition coefficient (Wildman–Crippen LogP) is 4.74. The Kier molecular flexibility index (Phi) is 6.43. The van der Waals surface area contributed by atoms with E-state index in [1.807, 2.05) is 32.0 Å². The van der Waals surface area contributed by atoms with Gasteiger partial charge in [0, 0.05) is 16.2 Å². The SMILES string of the molecule is Cc1cc(C)cc(OCn2ccc(C(=O)Nc3ncn(Cc4ccc(Cl)cc4Cl)n3)n2)c1. The summed E-state index contributed by atoms with van der Waals surface area (Å²) in [7, 11) is 0. The molecular weight excluding hydrogens is 451 g/mol. The van der Waals surface area contributed by atoms with Crippen molar-refractivity contribution >= 4 is 35.1 Å². The molecule has 0 spiro atoms. The highest BCUT2D eigenvalue weighted by atomic mass is 35.5. The number of nitrogens with one attached hydrogen (secondary N) is 1. The van der Waals surface area contributed by atoms with Gasteiger partial charge in [-0.3, -0.25) is 10.1 Å². The van der Waals surface area contributed by atoms with Crippen LogP contribution in [0, 0.1) is 13.8 Å². The first-order valence-electron chi connectivity index (χ1n) is 9.75. The minimum atomic E-state index is -0.419. The third kappa shape index (κ3) is 5.46. The molecule has 0 radical (unpaired) electrons. The molecule has 1 amide bonds. The molecule has 0 saturated heterocycles. The Bertz CT molecular complexity index is 1250. The number of rotatable bonds is 7. The standard InChI is InChI=1S/C22H20Cl2N6O2/c1-14-7-15(2)9-18(8-14)32-13-29-6-5-20(27-29)21(31)26-22-25-12-30(28-22)11-16-3-4-17(23)10-19(16)24/h3-10,12H,11,13H2,1-2H3,(H,26,28,31). The Balaban J connectivity index is 1.35. The van der Waals surface area contributed by atoms with Crippen molar-refractivity contribution in [1.82, 2.24) is 24.5 Å². The number of benzene rings is 2. The zero-order valence-electron chi connectivity index (χ0n) is 17.4. The smallest absolute Gasteiger partial charge is 0.278 e. The van der Waals surface area contributed by atoms with Crippen LogP contribution in [0.15, 0.2) is 55.0 Å². The second kappa shape index (κ2) is 9.42. The maximum Gasteiger partial charge on any atom is 0.278 e. The van der Waals surface area contributed by atoms with Crippen LogP contribution in [-0.2, 0) is 13.3 Å². The van der Waals surface area contributed by atoms with Crippen molar-refractivity contribution in [2.24, 2.45) is 0 Å². The number of ether oxygens (including phenoxy) is 1. The number of aryl methyl sites for hydroxylation is 2. The van der Waals surface area contributed by atoms with Crippen LogP contribution in [0.3, 0.4) is 0 Å². The van der Waals surface area contributed by atoms with Crippen LogP contribution in [0.4, 0.5) is 5.95 Å². The van der Waals surface area contributed by atoms with Gasteiger partial charge in [-0.25, -0.2) is 14.3 Å². The van der Waals surface area contributed by atoms with Crippen molar-refractivity contribution in [2.75, 3.05) is 5.32 Å². The van der Waals surface area contributed by atoms with Gasteiger partial charge in [0.05, 0.1) is 6.54 Å². The molecule has 0 atom stereocenters. The van der Waals surface area contributed by atoms with E-state index in [4.69, 9.17) is 27.9 Å². The lowest BCUT2D eigenvalue weighted by Gasteiger charge is -2.08. The number of hydrogen-bond donors (Lipinski definition) is 1. The summed E-state index contributed by atoms with van der Waals surface area (Å²) in [5.41, 5.74) is 3.30. The van der Waals surface area contributed by atoms with Gasteiger partial charge in [0.15, 0.2) is 12.4 Å². The second-order valence-corrected chi connectivity index (χ2v) is 8.14. The first kappa shape index (κ1) is 21.9. The van der Waals surface area contributed by atoms with E-state index in [1.54, 1.807) is 33.8 Å². The molecule has 4 aromatic rings. The average molecular weight is 471 g/mol. The van der Waals surface area contributed by atoms with Crippen LogP contribution in [0.1, 0.15) is 27.2 Å². The quantitative estimate of drug-likeness (QED) is 0.421. The monoisotopic (exact) mass is 470 g/mol. The molecule has 1 N–H and O–H groups in total. The number of carbonyl (C=O) groups excluding carboxylic acids is 1. The Labute approximate surface area is 194 Å². The summed E-state index contributed by atoms with van der Waals surface area (Å²) >= 11 is 12.1. The van der Waals surface area contributed by atoms with Crippen molar-refractivity contribution in [3.05, 3.63) is 87.4 Å². The van der Waals surface area contributed by atoms with Crippen LogP contribution in [-0.4, -0.2) is 30.5 Å². The summed E-state index contributed by atoms with van der Waals surface area (Å²) in [6.07, 6.45) is 3.18. The second-order valence-electron chi connectivity index (χ2n) is 7.29. The molecule has 0 aliphatic rings. The van der Waals surface area contributed by atoms with E-state index in [0.29, 0.717) is 16.6 Å². The lowest BCUT2D eigenvalue weighted by Crippen LogP contribution is -2.15. The van der Waals surface area contributed by atoms with Gasteiger partial charge in [0.2, 0.25) is 5.95 Å². The van der Waals surface area contributed by atoms with Gasteiger partial charge in [0.25, 0.3) is 5.91 Å². The van der Waals surface area contributed by atoms with Crippen LogP contribution < -0.4 is 10.1 Å². The molecular formula is C22H20Cl2N6O2. The third-order valence-electron chi connectivity index (χ3n) is 4.54. The van der Waals surface area contributed by atoms with E-state index in [0.717, 1.165) is 22.4 Å². The van der Waals surface area contributed by atoms with Crippen molar-refractivity contribution in [3.63, 3.8) is 0 Å². The minimum Gasteiger partial charge on any atom is -0.471 e. The molecule has 0 fully saturated rings. The predicted molar refractivity (Wildman–Crippen MR) is 122 cm³/mol. The number of nitrogens with zero attached hydrogens (tertiary/aromatic N) is 5. The van der Waals surface area contributed by atoms with Gasteiger partial charge in [-0.05, 0) is 60.9 Å². The van der Waals surface area contributed by atoms with Gasteiger partial charge in [0.1, 0.15) is 12.1 Å². The van der Waals surface area contributed by atoms with Gasteiger partial charge in [-0.1, -0.05) is 35.3 Å². The molecule has 0 saturated carbocycles. The number of hydrogen-bond acceptors (Lipinski definition) is 5. The number of halogens is 2. The topological polar surface area (TPSA) is 86.9 Å². The maximum absolute atomic E-state index is 12.5. The van der Waals surface area contributed by atoms with E-state index in [2.05, 4.69) is 26.6 Å². The number of carbonyl (C=O) groups is 1. The van der Waals surface area contributed by atoms with Crippen molar-refractivity contribution in [3.8, 4) is 5.75 Å². The molecule has 2 aromatic heterocycles. The molecule has 4 rings (SSSR count). The van der Waals surface area contributed by atoms with E-state index in [9.17, 15) is 4.79 Å². The van der Waals surface area contributed by atoms with Crippen LogP contribution in [0.5, 0.6) is 5.75 Å². The first-order chi connectivity index (χ1) is 15.4. The molecule has 164 valence electrons. The fourth-order valence-electron chi connectivity index (χ4n) is 3.13. The molecule has 0 unspecified atom stereocenters. The van der Waals surface area contributed by atoms with Crippen LogP contribution in [0.25, 0.3) is 0 Å². The molecule has 2 aromatic carbocycles. The number of anilines is 1. The fraction of sp³-hybridized carbons (Fsp3) is 0.182. The fourth-order valence-corrected chi connectivity index (χ4v) is 3.60. The molecule has 0 aliphatic heterocycles. The van der Waals surface area contributed by atoms with Crippen molar-refractivity contribution in [1.29, 1.82) is 0 Å². The first-order valence-corrected chi connectivity index (χ1v) is 10.5. The van der Waals surface area contributed by atoms with E-state index in [-0.39, 0.29) is 18.4 Å². The summed E-state index contributed by atoms with van der Waals surface area (Å²) in [6, 6.07) is 12.8. The summed E-state index contributed by atoms with van der Waals surface area (Å²) in [5.74, 6) is 0.498. The molecule has 32 heavy (non-hydrogen) atoms. The summed E-state index contributed by atoms with van der Waals surface area (Å²) < 4.78 is 8.88. The lowest BCUT2D eigenvalue weighted by molar-refractivity contribution is 0.101. The Morgan fingerprint density at radius 1 is 1.03 bits per heavy atom. The maximum atomic E-state index is 12.5. The highest BCUT2D eigenvalue weighted by molar-refractivity contribution is 6.35. The Morgan fingerprint density at radius 2 is 1.81 bits per heavy atom. The molecule has 10 heteroatoms.